The number of amides is 2. The molecule has 2 aromatic carbocycles. The molecule has 1 saturated heterocycles. The maximum atomic E-state index is 13.7. The molecule has 0 radical (unpaired) electrons. The van der Waals surface area contributed by atoms with Crippen molar-refractivity contribution >= 4 is 57.5 Å². The molecule has 1 N–H and O–H groups in total. The van der Waals surface area contributed by atoms with Crippen molar-refractivity contribution < 1.29 is 14.0 Å². The van der Waals surface area contributed by atoms with E-state index in [-0.39, 0.29) is 17.6 Å². The van der Waals surface area contributed by atoms with Gasteiger partial charge in [0.1, 0.15) is 10.8 Å². The Morgan fingerprint density at radius 3 is 2.55 bits per heavy atom. The number of carbonyl (C=O) groups is 2. The number of anilines is 1. The minimum absolute atomic E-state index is 0.0928. The van der Waals surface area contributed by atoms with Crippen LogP contribution in [-0.4, -0.2) is 33.0 Å². The zero-order chi connectivity index (χ0) is 29.4. The fourth-order valence-electron chi connectivity index (χ4n) is 5.54. The van der Waals surface area contributed by atoms with E-state index in [0.717, 1.165) is 64.4 Å². The summed E-state index contributed by atoms with van der Waals surface area (Å²) < 4.78 is 15.5. The molecule has 6 rings (SSSR count). The number of thiophene rings is 1. The van der Waals surface area contributed by atoms with Crippen molar-refractivity contribution in [2.24, 2.45) is 4.99 Å². The van der Waals surface area contributed by atoms with Crippen LogP contribution < -0.4 is 5.32 Å². The standard InChI is InChI=1S/C33H31FN4O2S2/c1-4-37-31(40)28(42-33(37)36-25-16-14-23(34)15-17-25)19-22-18-20(2)38(21(22)3)32-29(26-12-8-9-13-27(26)41-32)30(39)35-24-10-6-5-7-11-24/h5-7,10-11,14-19H,4,8-9,12-13H2,1-3H3,(H,35,39)/b28-19+,36-33?. The zero-order valence-electron chi connectivity index (χ0n) is 23.7. The van der Waals surface area contributed by atoms with E-state index in [2.05, 4.69) is 20.9 Å². The first-order valence-corrected chi connectivity index (χ1v) is 15.7. The molecule has 214 valence electrons. The van der Waals surface area contributed by atoms with Crippen LogP contribution in [0.1, 0.15) is 57.5 Å². The van der Waals surface area contributed by atoms with Gasteiger partial charge in [0, 0.05) is 28.5 Å². The molecule has 6 nitrogen and oxygen atoms in total. The van der Waals surface area contributed by atoms with Crippen LogP contribution in [0.4, 0.5) is 15.8 Å². The summed E-state index contributed by atoms with van der Waals surface area (Å²) in [7, 11) is 0. The first kappa shape index (κ1) is 28.2. The van der Waals surface area contributed by atoms with Gasteiger partial charge in [-0.15, -0.1) is 11.3 Å². The third-order valence-corrected chi connectivity index (χ3v) is 9.91. The van der Waals surface area contributed by atoms with Crippen molar-refractivity contribution in [3.63, 3.8) is 0 Å². The average molecular weight is 599 g/mol. The number of carbonyl (C=O) groups excluding carboxylic acids is 2. The molecule has 3 heterocycles. The number of hydrogen-bond donors (Lipinski definition) is 1. The van der Waals surface area contributed by atoms with Gasteiger partial charge in [-0.3, -0.25) is 14.5 Å². The summed E-state index contributed by atoms with van der Waals surface area (Å²) in [6.45, 7) is 6.46. The zero-order valence-corrected chi connectivity index (χ0v) is 25.4. The van der Waals surface area contributed by atoms with E-state index >= 15 is 0 Å². The number of aryl methyl sites for hydroxylation is 2. The average Bonchev–Trinajstić information content (AvgIpc) is 3.60. The summed E-state index contributed by atoms with van der Waals surface area (Å²) in [5.74, 6) is -0.530. The van der Waals surface area contributed by atoms with Crippen LogP contribution >= 0.6 is 23.1 Å². The summed E-state index contributed by atoms with van der Waals surface area (Å²) in [5.41, 5.74) is 6.14. The van der Waals surface area contributed by atoms with Gasteiger partial charge in [-0.05, 0) is 118 Å². The number of aliphatic imine (C=N–C) groups is 1. The molecule has 42 heavy (non-hydrogen) atoms. The van der Waals surface area contributed by atoms with Crippen LogP contribution in [0.2, 0.25) is 0 Å². The number of fused-ring (bicyclic) bond motifs is 1. The van der Waals surface area contributed by atoms with E-state index in [9.17, 15) is 14.0 Å². The third-order valence-electron chi connectivity index (χ3n) is 7.63. The molecule has 1 aliphatic carbocycles. The number of nitrogens with one attached hydrogen (secondary N) is 1. The highest BCUT2D eigenvalue weighted by Crippen LogP contribution is 2.40. The molecule has 2 aromatic heterocycles. The van der Waals surface area contributed by atoms with Crippen molar-refractivity contribution in [1.29, 1.82) is 0 Å². The van der Waals surface area contributed by atoms with Gasteiger partial charge >= 0.3 is 0 Å². The fraction of sp³-hybridized carbons (Fsp3) is 0.242. The molecule has 0 unspecified atom stereocenters. The predicted octanol–water partition coefficient (Wildman–Crippen LogP) is 8.05. The predicted molar refractivity (Wildman–Crippen MR) is 171 cm³/mol. The van der Waals surface area contributed by atoms with Gasteiger partial charge in [0.2, 0.25) is 0 Å². The summed E-state index contributed by atoms with van der Waals surface area (Å²) >= 11 is 3.02. The molecule has 0 spiro atoms. The molecule has 1 fully saturated rings. The molecule has 0 saturated carbocycles. The van der Waals surface area contributed by atoms with Gasteiger partial charge < -0.3 is 9.88 Å². The minimum Gasteiger partial charge on any atom is -0.322 e. The number of halogens is 1. The van der Waals surface area contributed by atoms with Crippen LogP contribution in [0.3, 0.4) is 0 Å². The van der Waals surface area contributed by atoms with Gasteiger partial charge in [0.25, 0.3) is 11.8 Å². The molecule has 2 amide bonds. The maximum Gasteiger partial charge on any atom is 0.266 e. The summed E-state index contributed by atoms with van der Waals surface area (Å²) in [6, 6.07) is 17.5. The van der Waals surface area contributed by atoms with E-state index in [1.165, 1.54) is 28.8 Å². The van der Waals surface area contributed by atoms with E-state index in [0.29, 0.717) is 22.3 Å². The minimum atomic E-state index is -0.329. The van der Waals surface area contributed by atoms with Crippen molar-refractivity contribution in [2.75, 3.05) is 11.9 Å². The Kier molecular flexibility index (Phi) is 7.88. The van der Waals surface area contributed by atoms with E-state index in [4.69, 9.17) is 0 Å². The Morgan fingerprint density at radius 1 is 1.07 bits per heavy atom. The normalized spacial score (nSPS) is 16.9. The Hall–Kier alpha value is -3.95. The summed E-state index contributed by atoms with van der Waals surface area (Å²) in [6.07, 6.45) is 6.00. The smallest absolute Gasteiger partial charge is 0.266 e. The second-order valence-electron chi connectivity index (χ2n) is 10.4. The van der Waals surface area contributed by atoms with Gasteiger partial charge in [-0.2, -0.15) is 0 Å². The van der Waals surface area contributed by atoms with Crippen LogP contribution in [0.25, 0.3) is 11.1 Å². The highest BCUT2D eigenvalue weighted by atomic mass is 32.2. The number of rotatable bonds is 6. The molecular weight excluding hydrogens is 568 g/mol. The van der Waals surface area contributed by atoms with Crippen molar-refractivity contribution in [1.82, 2.24) is 9.47 Å². The van der Waals surface area contributed by atoms with Gasteiger partial charge in [-0.1, -0.05) is 18.2 Å². The molecule has 0 bridgehead atoms. The van der Waals surface area contributed by atoms with Gasteiger partial charge in [0.15, 0.2) is 5.17 Å². The van der Waals surface area contributed by atoms with Gasteiger partial charge in [0.05, 0.1) is 16.2 Å². The largest absolute Gasteiger partial charge is 0.322 e. The molecule has 4 aromatic rings. The Bertz CT molecular complexity index is 1740. The second-order valence-corrected chi connectivity index (χ2v) is 12.5. The number of hydrogen-bond acceptors (Lipinski definition) is 5. The lowest BCUT2D eigenvalue weighted by Crippen LogP contribution is -2.28. The molecular formula is C33H31FN4O2S2. The van der Waals surface area contributed by atoms with Crippen molar-refractivity contribution in [2.45, 2.75) is 46.5 Å². The Morgan fingerprint density at radius 2 is 1.81 bits per heavy atom. The molecule has 0 atom stereocenters. The SMILES string of the molecule is CCN1C(=O)/C(=C\c2cc(C)n(-c3sc4c(c3C(=O)Nc3ccccc3)CCCC4)c2C)SC1=Nc1ccc(F)cc1. The van der Waals surface area contributed by atoms with E-state index in [1.54, 1.807) is 28.4 Å². The monoisotopic (exact) mass is 598 g/mol. The Balaban J connectivity index is 1.37. The number of aromatic nitrogens is 1. The number of nitrogens with zero attached hydrogens (tertiary/aromatic N) is 3. The summed E-state index contributed by atoms with van der Waals surface area (Å²) in [4.78, 5) is 35.2. The van der Waals surface area contributed by atoms with Crippen LogP contribution in [0.5, 0.6) is 0 Å². The first-order valence-electron chi connectivity index (χ1n) is 14.1. The lowest BCUT2D eigenvalue weighted by atomic mass is 9.95. The number of amidine groups is 1. The number of likely N-dealkylation sites (N-methyl/N-ethyl adjacent to an activating group) is 1. The van der Waals surface area contributed by atoms with Gasteiger partial charge in [-0.25, -0.2) is 9.38 Å². The number of benzene rings is 2. The quantitative estimate of drug-likeness (QED) is 0.228. The third kappa shape index (κ3) is 5.34. The van der Waals surface area contributed by atoms with Crippen molar-refractivity contribution in [3.05, 3.63) is 104 Å². The van der Waals surface area contributed by atoms with E-state index in [1.807, 2.05) is 57.2 Å². The molecule has 2 aliphatic rings. The first-order chi connectivity index (χ1) is 20.3. The number of para-hydroxylation sites is 1. The van der Waals surface area contributed by atoms with Crippen molar-refractivity contribution in [3.8, 4) is 5.00 Å². The Labute approximate surface area is 253 Å². The van der Waals surface area contributed by atoms with Crippen LogP contribution in [-0.2, 0) is 17.6 Å². The van der Waals surface area contributed by atoms with Crippen LogP contribution in [0.15, 0.2) is 70.6 Å². The topological polar surface area (TPSA) is 66.7 Å². The molecule has 1 aliphatic heterocycles. The maximum absolute atomic E-state index is 13.7. The second kappa shape index (κ2) is 11.7. The lowest BCUT2D eigenvalue weighted by molar-refractivity contribution is -0.122. The highest BCUT2D eigenvalue weighted by molar-refractivity contribution is 8.18. The molecule has 9 heteroatoms. The van der Waals surface area contributed by atoms with Crippen LogP contribution in [0, 0.1) is 19.7 Å². The lowest BCUT2D eigenvalue weighted by Gasteiger charge is -2.14. The van der Waals surface area contributed by atoms with E-state index < -0.39 is 0 Å². The highest BCUT2D eigenvalue weighted by Gasteiger charge is 2.33. The number of thioether (sulfide) groups is 1. The fourth-order valence-corrected chi connectivity index (χ4v) is 8.09. The summed E-state index contributed by atoms with van der Waals surface area (Å²) in [5, 5.41) is 4.60.